The normalized spacial score (nSPS) is 10.9. The molecule has 0 bridgehead atoms. The van der Waals surface area contributed by atoms with Crippen molar-refractivity contribution in [1.29, 1.82) is 0 Å². The van der Waals surface area contributed by atoms with Crippen LogP contribution in [0, 0.1) is 0 Å². The molecule has 5 heteroatoms. The van der Waals surface area contributed by atoms with E-state index in [1.54, 1.807) is 18.2 Å². The van der Waals surface area contributed by atoms with E-state index in [0.717, 1.165) is 5.69 Å². The number of rotatable bonds is 6. The third kappa shape index (κ3) is 5.34. The van der Waals surface area contributed by atoms with E-state index >= 15 is 0 Å². The fourth-order valence-electron chi connectivity index (χ4n) is 2.51. The van der Waals surface area contributed by atoms with Gasteiger partial charge in [0.1, 0.15) is 0 Å². The summed E-state index contributed by atoms with van der Waals surface area (Å²) < 4.78 is 4.76. The maximum Gasteiger partial charge on any atom is 0.339 e. The van der Waals surface area contributed by atoms with E-state index in [0.29, 0.717) is 17.8 Å². The van der Waals surface area contributed by atoms with Crippen LogP contribution in [-0.4, -0.2) is 25.5 Å². The highest BCUT2D eigenvalue weighted by atomic mass is 16.5. The zero-order valence-electron chi connectivity index (χ0n) is 15.8. The molecule has 0 aliphatic carbocycles. The van der Waals surface area contributed by atoms with Crippen LogP contribution >= 0.6 is 0 Å². The summed E-state index contributed by atoms with van der Waals surface area (Å²) >= 11 is 0. The third-order valence-electron chi connectivity index (χ3n) is 4.03. The number of hydrogen-bond donors (Lipinski definition) is 2. The van der Waals surface area contributed by atoms with Gasteiger partial charge in [0.25, 0.3) is 0 Å². The molecule has 0 atom stereocenters. The average molecular weight is 354 g/mol. The van der Waals surface area contributed by atoms with Crippen molar-refractivity contribution in [3.05, 3.63) is 59.7 Å². The van der Waals surface area contributed by atoms with E-state index in [2.05, 4.69) is 31.4 Å². The molecule has 1 amide bonds. The Hall–Kier alpha value is -2.82. The minimum Gasteiger partial charge on any atom is -0.465 e. The summed E-state index contributed by atoms with van der Waals surface area (Å²) in [7, 11) is 1.34. The highest BCUT2D eigenvalue weighted by Gasteiger charge is 2.13. The van der Waals surface area contributed by atoms with Crippen LogP contribution in [0.1, 0.15) is 43.1 Å². The third-order valence-corrected chi connectivity index (χ3v) is 4.03. The molecular weight excluding hydrogens is 328 g/mol. The van der Waals surface area contributed by atoms with Gasteiger partial charge < -0.3 is 15.4 Å². The standard InChI is InChI=1S/C21H26N2O3/c1-21(2,3)15-9-11-16(12-10-15)23-19(24)13-14-22-18-8-6-5-7-17(18)20(25)26-4/h5-12,22H,13-14H2,1-4H3,(H,23,24). The maximum absolute atomic E-state index is 12.1. The molecule has 0 fully saturated rings. The Morgan fingerprint density at radius 1 is 1.00 bits per heavy atom. The fourth-order valence-corrected chi connectivity index (χ4v) is 2.51. The molecule has 0 aliphatic rings. The monoisotopic (exact) mass is 354 g/mol. The number of nitrogens with one attached hydrogen (secondary N) is 2. The summed E-state index contributed by atoms with van der Waals surface area (Å²) in [4.78, 5) is 23.8. The van der Waals surface area contributed by atoms with Gasteiger partial charge in [-0.25, -0.2) is 4.79 Å². The van der Waals surface area contributed by atoms with Crippen LogP contribution in [-0.2, 0) is 14.9 Å². The van der Waals surface area contributed by atoms with E-state index in [-0.39, 0.29) is 17.7 Å². The zero-order chi connectivity index (χ0) is 19.2. The lowest BCUT2D eigenvalue weighted by Gasteiger charge is -2.19. The first-order valence-electron chi connectivity index (χ1n) is 8.63. The molecule has 0 spiro atoms. The fraction of sp³-hybridized carbons (Fsp3) is 0.333. The number of hydrogen-bond acceptors (Lipinski definition) is 4. The van der Waals surface area contributed by atoms with Gasteiger partial charge >= 0.3 is 5.97 Å². The van der Waals surface area contributed by atoms with Crippen molar-refractivity contribution >= 4 is 23.3 Å². The predicted octanol–water partition coefficient (Wildman–Crippen LogP) is 4.21. The van der Waals surface area contributed by atoms with Crippen molar-refractivity contribution in [2.24, 2.45) is 0 Å². The number of benzene rings is 2. The average Bonchev–Trinajstić information content (AvgIpc) is 2.61. The van der Waals surface area contributed by atoms with Crippen LogP contribution in [0.25, 0.3) is 0 Å². The van der Waals surface area contributed by atoms with Gasteiger partial charge in [-0.05, 0) is 35.2 Å². The van der Waals surface area contributed by atoms with Crippen LogP contribution in [0.3, 0.4) is 0 Å². The van der Waals surface area contributed by atoms with E-state index in [9.17, 15) is 9.59 Å². The molecule has 0 aliphatic heterocycles. The molecule has 138 valence electrons. The van der Waals surface area contributed by atoms with Crippen LogP contribution < -0.4 is 10.6 Å². The zero-order valence-corrected chi connectivity index (χ0v) is 15.8. The van der Waals surface area contributed by atoms with Crippen LogP contribution in [0.2, 0.25) is 0 Å². The van der Waals surface area contributed by atoms with E-state index in [1.807, 2.05) is 30.3 Å². The lowest BCUT2D eigenvalue weighted by atomic mass is 9.87. The Balaban J connectivity index is 1.87. The Labute approximate surface area is 154 Å². The van der Waals surface area contributed by atoms with Crippen LogP contribution in [0.15, 0.2) is 48.5 Å². The van der Waals surface area contributed by atoms with Crippen molar-refractivity contribution in [2.75, 3.05) is 24.3 Å². The number of anilines is 2. The van der Waals surface area contributed by atoms with Gasteiger partial charge in [0.15, 0.2) is 0 Å². The number of carbonyl (C=O) groups excluding carboxylic acids is 2. The summed E-state index contributed by atoms with van der Waals surface area (Å²) in [6.45, 7) is 6.87. The van der Waals surface area contributed by atoms with Gasteiger partial charge in [-0.15, -0.1) is 0 Å². The molecule has 2 aromatic rings. The van der Waals surface area contributed by atoms with Crippen molar-refractivity contribution < 1.29 is 14.3 Å². The minimum atomic E-state index is -0.406. The lowest BCUT2D eigenvalue weighted by molar-refractivity contribution is -0.115. The largest absolute Gasteiger partial charge is 0.465 e. The first-order chi connectivity index (χ1) is 12.3. The van der Waals surface area contributed by atoms with Crippen molar-refractivity contribution in [2.45, 2.75) is 32.6 Å². The molecule has 5 nitrogen and oxygen atoms in total. The number of amides is 1. The summed E-state index contributed by atoms with van der Waals surface area (Å²) in [5.74, 6) is -0.493. The van der Waals surface area contributed by atoms with Crippen molar-refractivity contribution in [3.8, 4) is 0 Å². The SMILES string of the molecule is COC(=O)c1ccccc1NCCC(=O)Nc1ccc(C(C)(C)C)cc1. The van der Waals surface area contributed by atoms with Gasteiger partial charge in [0.05, 0.1) is 12.7 Å². The summed E-state index contributed by atoms with van der Waals surface area (Å²) in [5, 5.41) is 6.00. The topological polar surface area (TPSA) is 67.4 Å². The van der Waals surface area contributed by atoms with E-state index in [4.69, 9.17) is 4.74 Å². The molecule has 0 saturated heterocycles. The molecule has 26 heavy (non-hydrogen) atoms. The number of esters is 1. The highest BCUT2D eigenvalue weighted by molar-refractivity contribution is 5.95. The molecule has 0 unspecified atom stereocenters. The molecule has 0 saturated carbocycles. The van der Waals surface area contributed by atoms with Crippen LogP contribution in [0.5, 0.6) is 0 Å². The molecule has 0 heterocycles. The second-order valence-corrected chi connectivity index (χ2v) is 7.09. The second-order valence-electron chi connectivity index (χ2n) is 7.09. The van der Waals surface area contributed by atoms with Crippen molar-refractivity contribution in [3.63, 3.8) is 0 Å². The van der Waals surface area contributed by atoms with Crippen molar-refractivity contribution in [1.82, 2.24) is 0 Å². The van der Waals surface area contributed by atoms with Gasteiger partial charge in [-0.2, -0.15) is 0 Å². The Bertz CT molecular complexity index is 762. The highest BCUT2D eigenvalue weighted by Crippen LogP contribution is 2.23. The van der Waals surface area contributed by atoms with Gasteiger partial charge in [-0.3, -0.25) is 4.79 Å². The molecular formula is C21H26N2O3. The maximum atomic E-state index is 12.1. The van der Waals surface area contributed by atoms with Gasteiger partial charge in [-0.1, -0.05) is 45.0 Å². The first-order valence-corrected chi connectivity index (χ1v) is 8.63. The summed E-state index contributed by atoms with van der Waals surface area (Å²) in [6, 6.07) is 15.0. The number of para-hydroxylation sites is 1. The quantitative estimate of drug-likeness (QED) is 0.763. The molecule has 2 rings (SSSR count). The predicted molar refractivity (Wildman–Crippen MR) is 105 cm³/mol. The second kappa shape index (κ2) is 8.52. The number of carbonyl (C=O) groups is 2. The van der Waals surface area contributed by atoms with Gasteiger partial charge in [0, 0.05) is 24.3 Å². The van der Waals surface area contributed by atoms with Gasteiger partial charge in [0.2, 0.25) is 5.91 Å². The van der Waals surface area contributed by atoms with Crippen LogP contribution in [0.4, 0.5) is 11.4 Å². The molecule has 2 N–H and O–H groups in total. The minimum absolute atomic E-state index is 0.0828. The number of ether oxygens (including phenoxy) is 1. The Kier molecular flexibility index (Phi) is 6.39. The van der Waals surface area contributed by atoms with E-state index in [1.165, 1.54) is 12.7 Å². The molecule has 0 radical (unpaired) electrons. The number of methoxy groups -OCH3 is 1. The Morgan fingerprint density at radius 3 is 2.27 bits per heavy atom. The van der Waals surface area contributed by atoms with E-state index < -0.39 is 5.97 Å². The Morgan fingerprint density at radius 2 is 1.65 bits per heavy atom. The molecule has 0 aromatic heterocycles. The summed E-state index contributed by atoms with van der Waals surface area (Å²) in [6.07, 6.45) is 0.288. The smallest absolute Gasteiger partial charge is 0.339 e. The molecule has 2 aromatic carbocycles. The first kappa shape index (κ1) is 19.5. The summed E-state index contributed by atoms with van der Waals surface area (Å²) in [5.41, 5.74) is 3.18. The lowest BCUT2D eigenvalue weighted by Crippen LogP contribution is -2.17.